The second-order valence-electron chi connectivity index (χ2n) is 6.71. The highest BCUT2D eigenvalue weighted by molar-refractivity contribution is 5.17. The largest absolute Gasteiger partial charge is 0.373 e. The number of morpholine rings is 1. The molecule has 1 aromatic heterocycles. The van der Waals surface area contributed by atoms with Gasteiger partial charge in [-0.1, -0.05) is 24.3 Å². The van der Waals surface area contributed by atoms with Gasteiger partial charge in [0.25, 0.3) is 0 Å². The van der Waals surface area contributed by atoms with Gasteiger partial charge in [-0.15, -0.1) is 0 Å². The first-order valence-electron chi connectivity index (χ1n) is 8.92. The van der Waals surface area contributed by atoms with Crippen LogP contribution in [0.5, 0.6) is 0 Å². The highest BCUT2D eigenvalue weighted by Gasteiger charge is 2.43. The highest BCUT2D eigenvalue weighted by atomic mass is 19.1. The minimum Gasteiger partial charge on any atom is -0.373 e. The van der Waals surface area contributed by atoms with Crippen molar-refractivity contribution < 1.29 is 13.9 Å². The first-order chi connectivity index (χ1) is 12.3. The zero-order chi connectivity index (χ0) is 17.1. The van der Waals surface area contributed by atoms with Crippen LogP contribution in [0.1, 0.15) is 24.1 Å². The van der Waals surface area contributed by atoms with Gasteiger partial charge in [0, 0.05) is 30.9 Å². The lowest BCUT2D eigenvalue weighted by Crippen LogP contribution is -2.51. The molecule has 1 aliphatic carbocycles. The average Bonchev–Trinajstić information content (AvgIpc) is 3.07. The van der Waals surface area contributed by atoms with E-state index < -0.39 is 0 Å². The maximum absolute atomic E-state index is 14.0. The topological polar surface area (TPSA) is 34.6 Å². The number of hydrogen-bond donors (Lipinski definition) is 0. The van der Waals surface area contributed by atoms with Gasteiger partial charge in [0.2, 0.25) is 0 Å². The molecule has 4 rings (SSSR count). The Hall–Kier alpha value is -1.82. The van der Waals surface area contributed by atoms with E-state index in [9.17, 15) is 4.39 Å². The molecule has 3 atom stereocenters. The Morgan fingerprint density at radius 1 is 1.16 bits per heavy atom. The van der Waals surface area contributed by atoms with Crippen LogP contribution >= 0.6 is 0 Å². The van der Waals surface area contributed by atoms with Crippen LogP contribution in [0.2, 0.25) is 0 Å². The van der Waals surface area contributed by atoms with Gasteiger partial charge < -0.3 is 9.47 Å². The van der Waals surface area contributed by atoms with E-state index in [1.54, 1.807) is 12.3 Å². The lowest BCUT2D eigenvalue weighted by atomic mass is 10.1. The molecular weight excluding hydrogens is 319 g/mol. The second-order valence-corrected chi connectivity index (χ2v) is 6.71. The van der Waals surface area contributed by atoms with E-state index >= 15 is 0 Å². The number of benzene rings is 1. The third-order valence-corrected chi connectivity index (χ3v) is 5.15. The van der Waals surface area contributed by atoms with Crippen molar-refractivity contribution in [3.05, 3.63) is 65.7 Å². The molecule has 2 heterocycles. The summed E-state index contributed by atoms with van der Waals surface area (Å²) in [4.78, 5) is 6.65. The van der Waals surface area contributed by atoms with E-state index in [1.165, 1.54) is 6.07 Å². The fourth-order valence-electron chi connectivity index (χ4n) is 3.89. The van der Waals surface area contributed by atoms with Crippen molar-refractivity contribution in [3.63, 3.8) is 0 Å². The average molecular weight is 342 g/mol. The number of nitrogens with zero attached hydrogens (tertiary/aromatic N) is 2. The molecule has 5 heteroatoms. The zero-order valence-corrected chi connectivity index (χ0v) is 14.2. The van der Waals surface area contributed by atoms with Gasteiger partial charge in [0.1, 0.15) is 5.82 Å². The standard InChI is InChI=1S/C20H23FN2O2/c21-17-7-2-1-5-15(17)13-23-11-12-24-20-18(23)8-9-19(20)25-14-16-6-3-4-10-22-16/h1-7,10,18-20H,8-9,11-14H2/t18-,19+,20+/m0/s1. The van der Waals surface area contributed by atoms with Crippen molar-refractivity contribution in [1.29, 1.82) is 0 Å². The number of fused-ring (bicyclic) bond motifs is 1. The molecule has 1 saturated heterocycles. The van der Waals surface area contributed by atoms with Crippen molar-refractivity contribution in [2.24, 2.45) is 0 Å². The van der Waals surface area contributed by atoms with Crippen LogP contribution in [0, 0.1) is 5.82 Å². The van der Waals surface area contributed by atoms with Crippen LogP contribution in [0.3, 0.4) is 0 Å². The SMILES string of the molecule is Fc1ccccc1CN1CCO[C@H]2[C@H](OCc3ccccn3)CC[C@@H]21. The van der Waals surface area contributed by atoms with E-state index in [0.29, 0.717) is 25.8 Å². The van der Waals surface area contributed by atoms with Gasteiger partial charge in [-0.25, -0.2) is 4.39 Å². The van der Waals surface area contributed by atoms with Crippen LogP contribution in [-0.2, 0) is 22.6 Å². The summed E-state index contributed by atoms with van der Waals surface area (Å²) in [5.41, 5.74) is 1.69. The molecule has 0 spiro atoms. The summed E-state index contributed by atoms with van der Waals surface area (Å²) in [5.74, 6) is -0.133. The normalized spacial score (nSPS) is 26.5. The summed E-state index contributed by atoms with van der Waals surface area (Å²) in [6.07, 6.45) is 3.91. The predicted octanol–water partition coefficient (Wildman–Crippen LogP) is 3.17. The Balaban J connectivity index is 1.39. The molecular formula is C20H23FN2O2. The monoisotopic (exact) mass is 342 g/mol. The van der Waals surface area contributed by atoms with Crippen LogP contribution in [0.25, 0.3) is 0 Å². The van der Waals surface area contributed by atoms with Gasteiger partial charge in [0.05, 0.1) is 31.1 Å². The van der Waals surface area contributed by atoms with Crippen LogP contribution < -0.4 is 0 Å². The number of ether oxygens (including phenoxy) is 2. The Bertz CT molecular complexity index is 697. The molecule has 25 heavy (non-hydrogen) atoms. The maximum atomic E-state index is 14.0. The van der Waals surface area contributed by atoms with Crippen molar-refractivity contribution in [2.45, 2.75) is 44.2 Å². The quantitative estimate of drug-likeness (QED) is 0.836. The van der Waals surface area contributed by atoms with Gasteiger partial charge in [-0.2, -0.15) is 0 Å². The summed E-state index contributed by atoms with van der Waals surface area (Å²) < 4.78 is 26.1. The smallest absolute Gasteiger partial charge is 0.127 e. The number of rotatable bonds is 5. The van der Waals surface area contributed by atoms with Crippen molar-refractivity contribution in [3.8, 4) is 0 Å². The Morgan fingerprint density at radius 2 is 2.04 bits per heavy atom. The Morgan fingerprint density at radius 3 is 2.88 bits per heavy atom. The van der Waals surface area contributed by atoms with Gasteiger partial charge >= 0.3 is 0 Å². The maximum Gasteiger partial charge on any atom is 0.127 e. The van der Waals surface area contributed by atoms with E-state index in [1.807, 2.05) is 30.3 Å². The van der Waals surface area contributed by atoms with Crippen molar-refractivity contribution in [2.75, 3.05) is 13.2 Å². The zero-order valence-electron chi connectivity index (χ0n) is 14.2. The molecule has 0 radical (unpaired) electrons. The van der Waals surface area contributed by atoms with Crippen molar-refractivity contribution >= 4 is 0 Å². The van der Waals surface area contributed by atoms with Crippen LogP contribution in [-0.4, -0.2) is 41.3 Å². The molecule has 132 valence electrons. The summed E-state index contributed by atoms with van der Waals surface area (Å²) >= 11 is 0. The predicted molar refractivity (Wildman–Crippen MR) is 92.4 cm³/mol. The third kappa shape index (κ3) is 3.73. The third-order valence-electron chi connectivity index (χ3n) is 5.15. The van der Waals surface area contributed by atoms with Crippen molar-refractivity contribution in [1.82, 2.24) is 9.88 Å². The lowest BCUT2D eigenvalue weighted by Gasteiger charge is -2.39. The number of hydrogen-bond acceptors (Lipinski definition) is 4. The van der Waals surface area contributed by atoms with E-state index in [0.717, 1.165) is 30.6 Å². The minimum atomic E-state index is -0.133. The van der Waals surface area contributed by atoms with E-state index in [-0.39, 0.29) is 18.0 Å². The molecule has 1 aliphatic heterocycles. The Kier molecular flexibility index (Phi) is 5.06. The fraction of sp³-hybridized carbons (Fsp3) is 0.450. The van der Waals surface area contributed by atoms with E-state index in [2.05, 4.69) is 9.88 Å². The molecule has 2 fully saturated rings. The summed E-state index contributed by atoms with van der Waals surface area (Å²) in [6.45, 7) is 2.64. The molecule has 1 aromatic carbocycles. The molecule has 2 aliphatic rings. The molecule has 0 amide bonds. The minimum absolute atomic E-state index is 0.0595. The fourth-order valence-corrected chi connectivity index (χ4v) is 3.89. The van der Waals surface area contributed by atoms with Crippen LogP contribution in [0.15, 0.2) is 48.7 Å². The van der Waals surface area contributed by atoms with Gasteiger partial charge in [0.15, 0.2) is 0 Å². The summed E-state index contributed by atoms with van der Waals surface area (Å²) in [5, 5.41) is 0. The Labute approximate surface area is 147 Å². The highest BCUT2D eigenvalue weighted by Crippen LogP contribution is 2.33. The first-order valence-corrected chi connectivity index (χ1v) is 8.92. The number of aromatic nitrogens is 1. The molecule has 0 bridgehead atoms. The molecule has 0 unspecified atom stereocenters. The summed E-state index contributed by atoms with van der Waals surface area (Å²) in [6, 6.07) is 13.2. The second kappa shape index (κ2) is 7.60. The van der Waals surface area contributed by atoms with E-state index in [4.69, 9.17) is 9.47 Å². The van der Waals surface area contributed by atoms with Gasteiger partial charge in [-0.3, -0.25) is 9.88 Å². The first kappa shape index (κ1) is 16.6. The number of halogens is 1. The number of pyridine rings is 1. The molecule has 0 N–H and O–H groups in total. The molecule has 1 saturated carbocycles. The molecule has 4 nitrogen and oxygen atoms in total. The lowest BCUT2D eigenvalue weighted by molar-refractivity contribution is -0.119. The van der Waals surface area contributed by atoms with Crippen LogP contribution in [0.4, 0.5) is 4.39 Å². The van der Waals surface area contributed by atoms with Gasteiger partial charge in [-0.05, 0) is 31.0 Å². The summed E-state index contributed by atoms with van der Waals surface area (Å²) in [7, 11) is 0. The molecule has 2 aromatic rings.